The molecule has 0 bridgehead atoms. The number of unbranched alkanes of at least 4 members (excludes halogenated alkanes) is 20. The molecule has 0 heterocycles. The van der Waals surface area contributed by atoms with Crippen molar-refractivity contribution in [3.05, 3.63) is 0 Å². The molecule has 0 spiro atoms. The Morgan fingerprint density at radius 2 is 0.700 bits per heavy atom. The molecule has 0 aromatic rings. The minimum absolute atomic E-state index is 0. The molecule has 0 fully saturated rings. The van der Waals surface area contributed by atoms with Crippen molar-refractivity contribution in [1.82, 2.24) is 10.6 Å². The number of halogens is 1. The minimum Gasteiger partial charge on any atom is -1.00 e. The second-order valence-corrected chi connectivity index (χ2v) is 12.7. The highest BCUT2D eigenvalue weighted by Gasteiger charge is 2.15. The number of amides is 2. The van der Waals surface area contributed by atoms with Crippen molar-refractivity contribution in [2.75, 3.05) is 40.3 Å². The molecule has 6 heteroatoms. The topological polar surface area (TPSA) is 58.2 Å². The van der Waals surface area contributed by atoms with Gasteiger partial charge in [0.1, 0.15) is 0 Å². The lowest BCUT2D eigenvalue weighted by molar-refractivity contribution is -0.887. The van der Waals surface area contributed by atoms with Gasteiger partial charge in [-0.15, -0.1) is 0 Å². The number of rotatable bonds is 30. The fraction of sp³-hybridized carbons (Fsp3) is 0.941. The number of nitrogens with one attached hydrogen (secondary N) is 2. The minimum atomic E-state index is 0. The second kappa shape index (κ2) is 31.1. The third-order valence-electron chi connectivity index (χ3n) is 8.09. The molecule has 2 amide bonds. The molecule has 0 aromatic heterocycles. The summed E-state index contributed by atoms with van der Waals surface area (Å²) in [5, 5.41) is 6.19. The number of hydrogen-bond acceptors (Lipinski definition) is 2. The molecule has 0 aliphatic rings. The third-order valence-corrected chi connectivity index (χ3v) is 8.09. The Bertz CT molecular complexity index is 511. The van der Waals surface area contributed by atoms with E-state index >= 15 is 0 Å². The average molecular weight is 588 g/mol. The lowest BCUT2D eigenvalue weighted by atomic mass is 10.1. The van der Waals surface area contributed by atoms with Gasteiger partial charge in [0.2, 0.25) is 11.8 Å². The molecule has 2 N–H and O–H groups in total. The van der Waals surface area contributed by atoms with E-state index < -0.39 is 0 Å². The SMILES string of the molecule is CCCCCCCCCCCCCC(=O)NCC[N+](C)(C)CCNC(=O)CCCCCCCCCCCCC.[Cl-]. The van der Waals surface area contributed by atoms with Crippen LogP contribution in [0.5, 0.6) is 0 Å². The maximum atomic E-state index is 12.2. The Labute approximate surface area is 256 Å². The summed E-state index contributed by atoms with van der Waals surface area (Å²) in [6.07, 6.45) is 30.1. The van der Waals surface area contributed by atoms with Crippen molar-refractivity contribution in [2.45, 2.75) is 168 Å². The van der Waals surface area contributed by atoms with Gasteiger partial charge in [0.05, 0.1) is 40.3 Å². The van der Waals surface area contributed by atoms with Gasteiger partial charge in [-0.25, -0.2) is 0 Å². The zero-order valence-electron chi connectivity index (χ0n) is 27.4. The van der Waals surface area contributed by atoms with Gasteiger partial charge in [-0.3, -0.25) is 9.59 Å². The molecule has 5 nitrogen and oxygen atoms in total. The maximum Gasteiger partial charge on any atom is 0.220 e. The predicted molar refractivity (Wildman–Crippen MR) is 170 cm³/mol. The van der Waals surface area contributed by atoms with Crippen LogP contribution in [0.3, 0.4) is 0 Å². The highest BCUT2D eigenvalue weighted by Crippen LogP contribution is 2.13. The van der Waals surface area contributed by atoms with Gasteiger partial charge < -0.3 is 27.5 Å². The smallest absolute Gasteiger partial charge is 0.220 e. The van der Waals surface area contributed by atoms with Gasteiger partial charge in [0.25, 0.3) is 0 Å². The van der Waals surface area contributed by atoms with E-state index in [2.05, 4.69) is 38.6 Å². The molecule has 0 aliphatic carbocycles. The van der Waals surface area contributed by atoms with E-state index in [0.717, 1.165) is 30.4 Å². The fourth-order valence-corrected chi connectivity index (χ4v) is 5.18. The molecule has 0 aliphatic heterocycles. The van der Waals surface area contributed by atoms with Gasteiger partial charge in [0, 0.05) is 12.8 Å². The molecule has 0 aromatic carbocycles. The standard InChI is InChI=1S/C34H69N3O2.ClH/c1-5-7-9-11-13-15-17-19-21-23-25-27-33(38)35-29-31-37(3,4)32-30-36-34(39)28-26-24-22-20-18-16-14-12-10-8-6-2;/h5-32H2,1-4H3,(H-,35,36,38,39);1H. The molecular formula is C34H70ClN3O2. The normalized spacial score (nSPS) is 11.3. The molecular weight excluding hydrogens is 518 g/mol. The summed E-state index contributed by atoms with van der Waals surface area (Å²) < 4.78 is 0.803. The van der Waals surface area contributed by atoms with Crippen LogP contribution >= 0.6 is 0 Å². The predicted octanol–water partition coefficient (Wildman–Crippen LogP) is 5.70. The van der Waals surface area contributed by atoms with E-state index in [1.807, 2.05) is 0 Å². The Kier molecular flexibility index (Phi) is 32.2. The third kappa shape index (κ3) is 31.7. The van der Waals surface area contributed by atoms with E-state index in [1.54, 1.807) is 0 Å². The summed E-state index contributed by atoms with van der Waals surface area (Å²) in [5.74, 6) is 0.373. The summed E-state index contributed by atoms with van der Waals surface area (Å²) in [4.78, 5) is 24.3. The highest BCUT2D eigenvalue weighted by atomic mass is 35.5. The summed E-state index contributed by atoms with van der Waals surface area (Å²) in [6, 6.07) is 0. The zero-order valence-corrected chi connectivity index (χ0v) is 28.2. The van der Waals surface area contributed by atoms with E-state index in [9.17, 15) is 9.59 Å². The van der Waals surface area contributed by atoms with Crippen LogP contribution in [-0.4, -0.2) is 56.6 Å². The molecule has 40 heavy (non-hydrogen) atoms. The van der Waals surface area contributed by atoms with Crippen molar-refractivity contribution in [3.63, 3.8) is 0 Å². The van der Waals surface area contributed by atoms with Crippen molar-refractivity contribution in [3.8, 4) is 0 Å². The van der Waals surface area contributed by atoms with Crippen molar-refractivity contribution in [1.29, 1.82) is 0 Å². The Balaban J connectivity index is 0. The molecule has 240 valence electrons. The lowest BCUT2D eigenvalue weighted by Crippen LogP contribution is -3.00. The molecule has 0 saturated heterocycles. The van der Waals surface area contributed by atoms with Crippen LogP contribution in [0.1, 0.15) is 168 Å². The maximum absolute atomic E-state index is 12.2. The second-order valence-electron chi connectivity index (χ2n) is 12.7. The first-order valence-electron chi connectivity index (χ1n) is 17.3. The van der Waals surface area contributed by atoms with Crippen LogP contribution in [0.4, 0.5) is 0 Å². The van der Waals surface area contributed by atoms with Gasteiger partial charge in [-0.2, -0.15) is 0 Å². The monoisotopic (exact) mass is 588 g/mol. The van der Waals surface area contributed by atoms with Crippen molar-refractivity contribution < 1.29 is 26.5 Å². The number of carbonyl (C=O) groups excluding carboxylic acids is 2. The average Bonchev–Trinajstić information content (AvgIpc) is 2.90. The zero-order chi connectivity index (χ0) is 28.9. The van der Waals surface area contributed by atoms with Gasteiger partial charge in [-0.1, -0.05) is 142 Å². The first-order chi connectivity index (χ1) is 18.9. The van der Waals surface area contributed by atoms with Gasteiger partial charge >= 0.3 is 0 Å². The van der Waals surface area contributed by atoms with Crippen molar-refractivity contribution >= 4 is 11.8 Å². The number of likely N-dealkylation sites (N-methyl/N-ethyl adjacent to an activating group) is 1. The Hall–Kier alpha value is -0.810. The van der Waals surface area contributed by atoms with Crippen LogP contribution in [0, 0.1) is 0 Å². The molecule has 0 rings (SSSR count). The van der Waals surface area contributed by atoms with Gasteiger partial charge in [-0.05, 0) is 12.8 Å². The van der Waals surface area contributed by atoms with Crippen LogP contribution < -0.4 is 23.0 Å². The summed E-state index contributed by atoms with van der Waals surface area (Å²) in [6.45, 7) is 7.72. The van der Waals surface area contributed by atoms with Crippen LogP contribution in [0.15, 0.2) is 0 Å². The van der Waals surface area contributed by atoms with Crippen molar-refractivity contribution in [2.24, 2.45) is 0 Å². The number of nitrogens with zero attached hydrogens (tertiary/aromatic N) is 1. The number of quaternary nitrogens is 1. The van der Waals surface area contributed by atoms with Crippen LogP contribution in [-0.2, 0) is 9.59 Å². The highest BCUT2D eigenvalue weighted by molar-refractivity contribution is 5.76. The molecule has 0 unspecified atom stereocenters. The first kappa shape index (κ1) is 41.3. The van der Waals surface area contributed by atoms with Crippen LogP contribution in [0.25, 0.3) is 0 Å². The quantitative estimate of drug-likeness (QED) is 0.0836. The van der Waals surface area contributed by atoms with E-state index in [0.29, 0.717) is 25.9 Å². The largest absolute Gasteiger partial charge is 1.00 e. The van der Waals surface area contributed by atoms with E-state index in [1.165, 1.54) is 128 Å². The van der Waals surface area contributed by atoms with Gasteiger partial charge in [0.15, 0.2) is 0 Å². The Morgan fingerprint density at radius 1 is 0.450 bits per heavy atom. The Morgan fingerprint density at radius 3 is 0.975 bits per heavy atom. The molecule has 0 atom stereocenters. The lowest BCUT2D eigenvalue weighted by Gasteiger charge is -2.30. The summed E-state index contributed by atoms with van der Waals surface area (Å²) in [5.41, 5.74) is 0. The van der Waals surface area contributed by atoms with Crippen LogP contribution in [0.2, 0.25) is 0 Å². The summed E-state index contributed by atoms with van der Waals surface area (Å²) in [7, 11) is 4.35. The number of hydrogen-bond donors (Lipinski definition) is 2. The first-order valence-corrected chi connectivity index (χ1v) is 17.3. The summed E-state index contributed by atoms with van der Waals surface area (Å²) >= 11 is 0. The van der Waals surface area contributed by atoms with E-state index in [-0.39, 0.29) is 24.2 Å². The fourth-order valence-electron chi connectivity index (χ4n) is 5.18. The molecule has 0 saturated carbocycles. The number of carbonyl (C=O) groups is 2. The molecule has 0 radical (unpaired) electrons. The van der Waals surface area contributed by atoms with E-state index in [4.69, 9.17) is 0 Å².